The molecule has 0 N–H and O–H groups in total. The normalized spacial score (nSPS) is 23.8. The summed E-state index contributed by atoms with van der Waals surface area (Å²) >= 11 is 0. The molecule has 7 nitrogen and oxygen atoms in total. The number of aldehydes is 1. The molecule has 0 aromatic carbocycles. The third-order valence-corrected chi connectivity index (χ3v) is 9.60. The number of nitrogens with zero attached hydrogens (tertiary/aromatic N) is 1. The summed E-state index contributed by atoms with van der Waals surface area (Å²) in [6.45, 7) is 10.6. The highest BCUT2D eigenvalue weighted by atomic mass is 28.4. The molecule has 1 aliphatic heterocycles. The van der Waals surface area contributed by atoms with Crippen LogP contribution in [0, 0.1) is 11.8 Å². The van der Waals surface area contributed by atoms with Crippen molar-refractivity contribution in [2.75, 3.05) is 13.2 Å². The van der Waals surface area contributed by atoms with Gasteiger partial charge in [0.2, 0.25) is 21.0 Å². The van der Waals surface area contributed by atoms with Crippen molar-refractivity contribution in [2.45, 2.75) is 123 Å². The number of carbonyl (C=O) groups excluding carboxylic acids is 3. The van der Waals surface area contributed by atoms with Crippen LogP contribution in [-0.2, 0) is 28.3 Å². The summed E-state index contributed by atoms with van der Waals surface area (Å²) in [5, 5.41) is 0. The number of carbonyl (C=O) groups is 3. The Bertz CT molecular complexity index is 716. The highest BCUT2D eigenvalue weighted by Crippen LogP contribution is 2.35. The van der Waals surface area contributed by atoms with E-state index in [-0.39, 0.29) is 32.4 Å². The first-order valence-electron chi connectivity index (χ1n) is 13.6. The lowest BCUT2D eigenvalue weighted by Gasteiger charge is -2.32. The van der Waals surface area contributed by atoms with Crippen LogP contribution in [0.25, 0.3) is 0 Å². The standard InChI is InChI=1S/C26H46F3NO6Si/c1-7-11-21(27)35-25(32)20-14-19(17-34-37(5,6)23(29)13-9-3)24(26(33)36-22(28)12-8-2)30(20)15-18(10-4)16-31/h16,18-24H,7-15,17H2,1-6H3. The second-order valence-electron chi connectivity index (χ2n) is 10.4. The molecule has 37 heavy (non-hydrogen) atoms. The fourth-order valence-electron chi connectivity index (χ4n) is 4.50. The molecular weight excluding hydrogens is 507 g/mol. The Morgan fingerprint density at radius 1 is 0.946 bits per heavy atom. The van der Waals surface area contributed by atoms with E-state index in [1.807, 2.05) is 6.92 Å². The molecule has 0 spiro atoms. The number of ether oxygens (including phenoxy) is 2. The van der Waals surface area contributed by atoms with Gasteiger partial charge in [-0.15, -0.1) is 0 Å². The Morgan fingerprint density at radius 3 is 1.97 bits per heavy atom. The van der Waals surface area contributed by atoms with Crippen molar-refractivity contribution >= 4 is 26.5 Å². The van der Waals surface area contributed by atoms with Gasteiger partial charge in [0.05, 0.1) is 0 Å². The number of esters is 2. The van der Waals surface area contributed by atoms with Gasteiger partial charge < -0.3 is 18.7 Å². The van der Waals surface area contributed by atoms with Crippen molar-refractivity contribution in [2.24, 2.45) is 11.8 Å². The number of likely N-dealkylation sites (tertiary alicyclic amines) is 1. The van der Waals surface area contributed by atoms with E-state index in [4.69, 9.17) is 13.9 Å². The highest BCUT2D eigenvalue weighted by molar-refractivity contribution is 6.72. The van der Waals surface area contributed by atoms with Crippen LogP contribution >= 0.6 is 0 Å². The Hall–Kier alpha value is -1.46. The minimum Gasteiger partial charge on any atom is -0.430 e. The molecule has 0 aromatic heterocycles. The quantitative estimate of drug-likeness (QED) is 0.127. The van der Waals surface area contributed by atoms with Gasteiger partial charge in [-0.25, -0.2) is 13.2 Å². The largest absolute Gasteiger partial charge is 0.430 e. The smallest absolute Gasteiger partial charge is 0.326 e. The average Bonchev–Trinajstić information content (AvgIpc) is 3.20. The number of hydrogen-bond donors (Lipinski definition) is 0. The van der Waals surface area contributed by atoms with Gasteiger partial charge in [0.25, 0.3) is 0 Å². The van der Waals surface area contributed by atoms with Crippen LogP contribution in [-0.4, -0.2) is 75.2 Å². The molecule has 11 heteroatoms. The average molecular weight is 554 g/mol. The molecule has 0 bridgehead atoms. The van der Waals surface area contributed by atoms with Gasteiger partial charge in [0, 0.05) is 37.8 Å². The number of rotatable bonds is 18. The minimum atomic E-state index is -2.80. The summed E-state index contributed by atoms with van der Waals surface area (Å²) in [6.07, 6.45) is -0.450. The number of alkyl halides is 3. The molecule has 0 aliphatic carbocycles. The highest BCUT2D eigenvalue weighted by Gasteiger charge is 2.51. The van der Waals surface area contributed by atoms with Gasteiger partial charge >= 0.3 is 11.9 Å². The van der Waals surface area contributed by atoms with Crippen LogP contribution in [0.3, 0.4) is 0 Å². The van der Waals surface area contributed by atoms with Crippen molar-refractivity contribution in [3.05, 3.63) is 0 Å². The van der Waals surface area contributed by atoms with Crippen molar-refractivity contribution < 1.29 is 41.5 Å². The molecule has 216 valence electrons. The molecule has 0 saturated carbocycles. The summed E-state index contributed by atoms with van der Waals surface area (Å²) in [4.78, 5) is 39.4. The van der Waals surface area contributed by atoms with Gasteiger partial charge in [-0.2, -0.15) is 0 Å². The number of hydrogen-bond acceptors (Lipinski definition) is 7. The van der Waals surface area contributed by atoms with E-state index in [0.29, 0.717) is 32.1 Å². The van der Waals surface area contributed by atoms with E-state index in [2.05, 4.69) is 0 Å². The van der Waals surface area contributed by atoms with Crippen LogP contribution < -0.4 is 0 Å². The van der Waals surface area contributed by atoms with Crippen molar-refractivity contribution in [3.8, 4) is 0 Å². The molecule has 7 atom stereocenters. The van der Waals surface area contributed by atoms with E-state index < -0.39 is 62.7 Å². The lowest BCUT2D eigenvalue weighted by atomic mass is 10.00. The zero-order chi connectivity index (χ0) is 28.2. The topological polar surface area (TPSA) is 82.1 Å². The van der Waals surface area contributed by atoms with Crippen molar-refractivity contribution in [3.63, 3.8) is 0 Å². The van der Waals surface area contributed by atoms with Crippen molar-refractivity contribution in [1.82, 2.24) is 4.90 Å². The fraction of sp³-hybridized carbons (Fsp3) is 0.885. The molecule has 0 radical (unpaired) electrons. The first kappa shape index (κ1) is 33.6. The molecule has 1 fully saturated rings. The van der Waals surface area contributed by atoms with E-state index in [9.17, 15) is 27.6 Å². The molecule has 0 amide bonds. The van der Waals surface area contributed by atoms with Crippen LogP contribution in [0.1, 0.15) is 79.1 Å². The third-order valence-electron chi connectivity index (χ3n) is 6.89. The first-order valence-corrected chi connectivity index (χ1v) is 16.6. The first-order chi connectivity index (χ1) is 17.4. The maximum atomic E-state index is 14.8. The Morgan fingerprint density at radius 2 is 1.49 bits per heavy atom. The van der Waals surface area contributed by atoms with Crippen LogP contribution in [0.4, 0.5) is 13.2 Å². The molecule has 1 rings (SSSR count). The third kappa shape index (κ3) is 10.3. The van der Waals surface area contributed by atoms with Gasteiger partial charge in [0.1, 0.15) is 24.2 Å². The summed E-state index contributed by atoms with van der Waals surface area (Å²) in [7, 11) is -2.80. The second kappa shape index (κ2) is 16.5. The predicted molar refractivity (Wildman–Crippen MR) is 137 cm³/mol. The van der Waals surface area contributed by atoms with Crippen LogP contribution in [0.5, 0.6) is 0 Å². The summed E-state index contributed by atoms with van der Waals surface area (Å²) in [6, 6.07) is -2.18. The van der Waals surface area contributed by atoms with Gasteiger partial charge in [0.15, 0.2) is 0 Å². The lowest BCUT2D eigenvalue weighted by molar-refractivity contribution is -0.170. The molecule has 0 aromatic rings. The Balaban J connectivity index is 3.31. The van der Waals surface area contributed by atoms with E-state index >= 15 is 0 Å². The summed E-state index contributed by atoms with van der Waals surface area (Å²) in [5.41, 5.74) is 0. The van der Waals surface area contributed by atoms with E-state index in [1.165, 1.54) is 4.90 Å². The SMILES string of the molecule is CCCC(F)OC(=O)C1CC(CO[Si](C)(C)C(F)CCC)C(C(=O)OC(F)CCC)N1CC(C=O)CC. The minimum absolute atomic E-state index is 0.00782. The van der Waals surface area contributed by atoms with Gasteiger partial charge in [-0.05, 0) is 45.2 Å². The van der Waals surface area contributed by atoms with Crippen molar-refractivity contribution in [1.29, 1.82) is 0 Å². The second-order valence-corrected chi connectivity index (χ2v) is 14.5. The monoisotopic (exact) mass is 553 g/mol. The van der Waals surface area contributed by atoms with E-state index in [1.54, 1.807) is 33.9 Å². The summed E-state index contributed by atoms with van der Waals surface area (Å²) in [5.74, 6) is -4.06. The number of halogens is 3. The zero-order valence-corrected chi connectivity index (χ0v) is 24.2. The van der Waals surface area contributed by atoms with Gasteiger partial charge in [-0.1, -0.05) is 34.1 Å². The molecular formula is C26H46F3NO6Si. The van der Waals surface area contributed by atoms with Gasteiger partial charge in [-0.3, -0.25) is 14.5 Å². The molecule has 1 heterocycles. The zero-order valence-electron chi connectivity index (χ0n) is 23.2. The Kier molecular flexibility index (Phi) is 15.0. The molecule has 1 aliphatic rings. The Labute approximate surface area is 220 Å². The van der Waals surface area contributed by atoms with Crippen LogP contribution in [0.2, 0.25) is 13.1 Å². The maximum Gasteiger partial charge on any atom is 0.326 e. The fourth-order valence-corrected chi connectivity index (χ4v) is 6.31. The lowest BCUT2D eigenvalue weighted by Crippen LogP contribution is -2.50. The molecule has 7 unspecified atom stereocenters. The summed E-state index contributed by atoms with van der Waals surface area (Å²) < 4.78 is 59.4. The maximum absolute atomic E-state index is 14.8. The van der Waals surface area contributed by atoms with Crippen LogP contribution in [0.15, 0.2) is 0 Å². The predicted octanol–water partition coefficient (Wildman–Crippen LogP) is 5.45. The van der Waals surface area contributed by atoms with E-state index in [0.717, 1.165) is 6.29 Å². The molecule has 1 saturated heterocycles.